The van der Waals surface area contributed by atoms with Crippen LogP contribution in [0.1, 0.15) is 94.4 Å². The number of nitrogens with two attached hydrogens (primary N) is 3. The predicted molar refractivity (Wildman–Crippen MR) is 239 cm³/mol. The molecule has 6 atom stereocenters. The summed E-state index contributed by atoms with van der Waals surface area (Å²) in [5.74, 6) is 4.30. The van der Waals surface area contributed by atoms with E-state index in [1.165, 1.54) is 7.11 Å². The van der Waals surface area contributed by atoms with Crippen LogP contribution >= 0.6 is 24.8 Å². The molecular formula is C39H73Cl2N9O12. The predicted octanol–water partition coefficient (Wildman–Crippen LogP) is 0.688. The van der Waals surface area contributed by atoms with Gasteiger partial charge < -0.3 is 69.3 Å². The van der Waals surface area contributed by atoms with E-state index in [4.69, 9.17) is 38.2 Å². The van der Waals surface area contributed by atoms with Crippen molar-refractivity contribution in [3.8, 4) is 24.2 Å². The van der Waals surface area contributed by atoms with Gasteiger partial charge in [0.15, 0.2) is 0 Å². The average Bonchev–Trinajstić information content (AvgIpc) is 3.85. The molecule has 0 saturated carbocycles. The van der Waals surface area contributed by atoms with E-state index in [1.807, 2.05) is 0 Å². The van der Waals surface area contributed by atoms with Crippen molar-refractivity contribution < 1.29 is 57.7 Å². The second kappa shape index (κ2) is 35.5. The maximum atomic E-state index is 11.7. The molecule has 360 valence electrons. The molecule has 23 heteroatoms. The van der Waals surface area contributed by atoms with Crippen LogP contribution in [0.15, 0.2) is 0 Å². The maximum absolute atomic E-state index is 11.7. The number of alkyl carbamates (subject to hydrolysis) is 2. The molecule has 0 aliphatic carbocycles. The highest BCUT2D eigenvalue weighted by molar-refractivity contribution is 5.87. The SMILES string of the molecule is C.C#CC#CC.CC(C)(C)OC(=O)N[C@@H](C[C@@H]1CCNC1=O)C(N)=O.CO.COC(=O)[C@H](C[C@@H]1CCNC1=O)NC(=O)OC(C)(C)C.Cl.Cl.N.NC(=O)[C@@H](N)C[C@@H]1CCNC1=O. The molecule has 15 N–H and O–H groups in total. The molecular weight excluding hydrogens is 857 g/mol. The van der Waals surface area contributed by atoms with Gasteiger partial charge in [0.25, 0.3) is 0 Å². The fourth-order valence-corrected chi connectivity index (χ4v) is 5.18. The van der Waals surface area contributed by atoms with Gasteiger partial charge in [-0.3, -0.25) is 24.0 Å². The van der Waals surface area contributed by atoms with Crippen LogP contribution in [-0.4, -0.2) is 116 Å². The summed E-state index contributed by atoms with van der Waals surface area (Å²) in [5, 5.41) is 19.9. The Morgan fingerprint density at radius 1 is 0.742 bits per heavy atom. The normalized spacial score (nSPS) is 18.0. The Balaban J connectivity index is -0.000000174. The third-order valence-corrected chi connectivity index (χ3v) is 7.84. The van der Waals surface area contributed by atoms with E-state index in [2.05, 4.69) is 49.1 Å². The number of ether oxygens (including phenoxy) is 3. The molecule has 3 fully saturated rings. The number of esters is 1. The number of amides is 7. The van der Waals surface area contributed by atoms with Gasteiger partial charge in [-0.1, -0.05) is 13.3 Å². The fraction of sp³-hybridized carbons (Fsp3) is 0.692. The number of primary amides is 2. The van der Waals surface area contributed by atoms with Crippen molar-refractivity contribution in [3.63, 3.8) is 0 Å². The van der Waals surface area contributed by atoms with E-state index >= 15 is 0 Å². The van der Waals surface area contributed by atoms with Gasteiger partial charge in [0.1, 0.15) is 23.3 Å². The molecule has 0 radical (unpaired) electrons. The number of rotatable bonds is 11. The second-order valence-electron chi connectivity index (χ2n) is 14.9. The quantitative estimate of drug-likeness (QED) is 0.0775. The van der Waals surface area contributed by atoms with Crippen LogP contribution in [-0.2, 0) is 43.0 Å². The van der Waals surface area contributed by atoms with Crippen molar-refractivity contribution in [1.29, 1.82) is 0 Å². The minimum atomic E-state index is -0.899. The smallest absolute Gasteiger partial charge is 0.408 e. The lowest BCUT2D eigenvalue weighted by Gasteiger charge is -2.23. The van der Waals surface area contributed by atoms with Gasteiger partial charge in [0, 0.05) is 44.5 Å². The highest BCUT2D eigenvalue weighted by Gasteiger charge is 2.34. The van der Waals surface area contributed by atoms with Gasteiger partial charge >= 0.3 is 18.2 Å². The molecule has 0 aromatic carbocycles. The van der Waals surface area contributed by atoms with E-state index in [0.29, 0.717) is 38.9 Å². The summed E-state index contributed by atoms with van der Waals surface area (Å²) in [6.45, 7) is 13.9. The number of terminal acetylenes is 1. The number of aliphatic hydroxyl groups is 1. The Morgan fingerprint density at radius 2 is 1.08 bits per heavy atom. The monoisotopic (exact) mass is 929 g/mol. The number of hydrogen-bond acceptors (Lipinski definition) is 14. The molecule has 0 bridgehead atoms. The Hall–Kier alpha value is -5.06. The molecule has 3 heterocycles. The molecule has 62 heavy (non-hydrogen) atoms. The van der Waals surface area contributed by atoms with Crippen LogP contribution in [0.4, 0.5) is 9.59 Å². The zero-order chi connectivity index (χ0) is 45.2. The first kappa shape index (κ1) is 68.7. The van der Waals surface area contributed by atoms with Crippen LogP contribution in [0.3, 0.4) is 0 Å². The van der Waals surface area contributed by atoms with Gasteiger partial charge in [-0.15, -0.1) is 31.2 Å². The molecule has 3 rings (SSSR count). The highest BCUT2D eigenvalue weighted by atomic mass is 35.5. The summed E-state index contributed by atoms with van der Waals surface area (Å²) in [6, 6.07) is -2.48. The van der Waals surface area contributed by atoms with E-state index < -0.39 is 59.3 Å². The van der Waals surface area contributed by atoms with E-state index in [9.17, 15) is 38.4 Å². The summed E-state index contributed by atoms with van der Waals surface area (Å²) < 4.78 is 14.8. The van der Waals surface area contributed by atoms with Crippen molar-refractivity contribution in [3.05, 3.63) is 0 Å². The molecule has 0 aromatic rings. The van der Waals surface area contributed by atoms with E-state index in [0.717, 1.165) is 13.5 Å². The summed E-state index contributed by atoms with van der Waals surface area (Å²) in [7, 11) is 2.24. The van der Waals surface area contributed by atoms with Crippen molar-refractivity contribution >= 4 is 72.5 Å². The molecule has 0 unspecified atom stereocenters. The standard InChI is InChI=1S/C13H22N2O5.C12H21N3O4.C7H13N3O2.C5H4.CH4O.CH4.2ClH.H3N/c1-13(2,3)20-12(18)15-9(11(17)19-4)7-8-5-6-14-10(8)16;1-12(2,3)19-11(18)15-8(9(13)16)6-7-4-5-14-10(7)17;8-5(6(9)11)3-4-1-2-10-7(4)12;1-3-5-4-2;1-2;;;;/h8-9H,5-7H2,1-4H3,(H,14,16)(H,15,18);7-8H,4-6H2,1-3H3,(H2,13,16)(H,14,17)(H,15,18);4-5H,1-3,8H2,(H2,9,11)(H,10,12);1H,2H3;2H,1H3;1H4;2*1H;1H3/t8-,9-;7-,8-;4-,5-;;;;;;/m000....../s1. The minimum absolute atomic E-state index is 0. The Labute approximate surface area is 378 Å². The van der Waals surface area contributed by atoms with Gasteiger partial charge in [0.2, 0.25) is 29.5 Å². The Kier molecular flexibility index (Phi) is 39.3. The molecule has 0 aromatic heterocycles. The first-order chi connectivity index (χ1) is 26.9. The van der Waals surface area contributed by atoms with Crippen molar-refractivity contribution in [2.45, 2.75) is 124 Å². The molecule has 0 spiro atoms. The first-order valence-electron chi connectivity index (χ1n) is 18.5. The number of halogens is 2. The van der Waals surface area contributed by atoms with Crippen molar-refractivity contribution in [1.82, 2.24) is 32.7 Å². The van der Waals surface area contributed by atoms with Crippen LogP contribution in [0.25, 0.3) is 0 Å². The minimum Gasteiger partial charge on any atom is -0.467 e. The third kappa shape index (κ3) is 31.8. The van der Waals surface area contributed by atoms with Gasteiger partial charge in [-0.05, 0) is 98.8 Å². The third-order valence-electron chi connectivity index (χ3n) is 7.84. The Morgan fingerprint density at radius 3 is 1.32 bits per heavy atom. The molecule has 3 saturated heterocycles. The van der Waals surface area contributed by atoms with Gasteiger partial charge in [0.05, 0.1) is 13.2 Å². The lowest BCUT2D eigenvalue weighted by Crippen LogP contribution is -2.47. The van der Waals surface area contributed by atoms with Gasteiger partial charge in [-0.25, -0.2) is 14.4 Å². The van der Waals surface area contributed by atoms with Crippen LogP contribution in [0, 0.1) is 41.9 Å². The number of nitrogens with one attached hydrogen (secondary N) is 5. The van der Waals surface area contributed by atoms with Crippen LogP contribution < -0.4 is 49.9 Å². The lowest BCUT2D eigenvalue weighted by molar-refractivity contribution is -0.143. The Bertz CT molecular complexity index is 1510. The van der Waals surface area contributed by atoms with Crippen LogP contribution in [0.5, 0.6) is 0 Å². The first-order valence-corrected chi connectivity index (χ1v) is 18.5. The number of carbonyl (C=O) groups is 8. The zero-order valence-electron chi connectivity index (χ0n) is 36.6. The van der Waals surface area contributed by atoms with Gasteiger partial charge in [-0.2, -0.15) is 0 Å². The highest BCUT2D eigenvalue weighted by Crippen LogP contribution is 2.19. The topological polar surface area (TPSA) is 358 Å². The maximum Gasteiger partial charge on any atom is 0.408 e. The summed E-state index contributed by atoms with van der Waals surface area (Å²) in [4.78, 5) is 90.8. The van der Waals surface area contributed by atoms with Crippen molar-refractivity contribution in [2.24, 2.45) is 35.0 Å². The molecule has 3 aliphatic rings. The largest absolute Gasteiger partial charge is 0.467 e. The van der Waals surface area contributed by atoms with Crippen LogP contribution in [0.2, 0.25) is 0 Å². The fourth-order valence-electron chi connectivity index (χ4n) is 5.18. The summed E-state index contributed by atoms with van der Waals surface area (Å²) in [6.07, 6.45) is 6.09. The number of aliphatic hydroxyl groups excluding tert-OH is 1. The second-order valence-corrected chi connectivity index (χ2v) is 14.9. The zero-order valence-corrected chi connectivity index (χ0v) is 38.2. The number of methoxy groups -OCH3 is 1. The molecule has 3 aliphatic heterocycles. The number of carbonyl (C=O) groups excluding carboxylic acids is 8. The molecule has 21 nitrogen and oxygen atoms in total. The lowest BCUT2D eigenvalue weighted by atomic mass is 9.98. The average molecular weight is 931 g/mol. The van der Waals surface area contributed by atoms with E-state index in [1.54, 1.807) is 48.5 Å². The molecule has 7 amide bonds. The van der Waals surface area contributed by atoms with Crippen molar-refractivity contribution in [2.75, 3.05) is 33.9 Å². The van der Waals surface area contributed by atoms with E-state index in [-0.39, 0.29) is 86.7 Å². The number of hydrogen-bond donors (Lipinski definition) is 10. The summed E-state index contributed by atoms with van der Waals surface area (Å²) in [5.41, 5.74) is 14.3. The summed E-state index contributed by atoms with van der Waals surface area (Å²) >= 11 is 0.